The van der Waals surface area contributed by atoms with Crippen LogP contribution in [0.15, 0.2) is 32.9 Å². The molecule has 1 aromatic carbocycles. The lowest BCUT2D eigenvalue weighted by Gasteiger charge is -2.12. The van der Waals surface area contributed by atoms with Gasteiger partial charge in [-0.3, -0.25) is 14.6 Å². The van der Waals surface area contributed by atoms with E-state index in [1.54, 1.807) is 25.1 Å². The Morgan fingerprint density at radius 3 is 2.66 bits per heavy atom. The van der Waals surface area contributed by atoms with E-state index in [-0.39, 0.29) is 12.0 Å². The molecule has 1 amide bonds. The number of aromatic amines is 2. The molecule has 0 aliphatic rings. The summed E-state index contributed by atoms with van der Waals surface area (Å²) in [5.74, 6) is 0.787. The first-order chi connectivity index (χ1) is 13.9. The molecule has 156 valence electrons. The molecular formula is C20H26N4O5. The van der Waals surface area contributed by atoms with Crippen molar-refractivity contribution in [1.29, 1.82) is 0 Å². The van der Waals surface area contributed by atoms with Gasteiger partial charge in [-0.25, -0.2) is 10.2 Å². The first kappa shape index (κ1) is 21.9. The molecule has 0 unspecified atom stereocenters. The molecule has 9 nitrogen and oxygen atoms in total. The molecule has 0 atom stereocenters. The van der Waals surface area contributed by atoms with Crippen molar-refractivity contribution in [3.8, 4) is 11.5 Å². The van der Waals surface area contributed by atoms with Gasteiger partial charge in [0.25, 0.3) is 5.56 Å². The van der Waals surface area contributed by atoms with Gasteiger partial charge in [-0.15, -0.1) is 0 Å². The molecule has 0 bridgehead atoms. The fraction of sp³-hybridized carbons (Fsp3) is 0.400. The minimum Gasteiger partial charge on any atom is -0.490 e. The predicted octanol–water partition coefficient (Wildman–Crippen LogP) is 1.64. The van der Waals surface area contributed by atoms with Gasteiger partial charge in [-0.1, -0.05) is 13.3 Å². The topological polar surface area (TPSA) is 126 Å². The second kappa shape index (κ2) is 10.8. The number of hydrogen-bond acceptors (Lipinski definition) is 6. The fourth-order valence-electron chi connectivity index (χ4n) is 2.54. The molecule has 0 spiro atoms. The number of H-pyrrole nitrogens is 2. The van der Waals surface area contributed by atoms with Gasteiger partial charge in [0.15, 0.2) is 11.5 Å². The number of rotatable bonds is 10. The van der Waals surface area contributed by atoms with Crippen LogP contribution in [0, 0.1) is 6.92 Å². The molecule has 0 saturated heterocycles. The highest BCUT2D eigenvalue weighted by Gasteiger charge is 2.11. The highest BCUT2D eigenvalue weighted by atomic mass is 16.5. The predicted molar refractivity (Wildman–Crippen MR) is 110 cm³/mol. The lowest BCUT2D eigenvalue weighted by molar-refractivity contribution is -0.120. The summed E-state index contributed by atoms with van der Waals surface area (Å²) < 4.78 is 11.3. The van der Waals surface area contributed by atoms with Crippen LogP contribution < -0.4 is 26.1 Å². The van der Waals surface area contributed by atoms with Crippen molar-refractivity contribution in [2.24, 2.45) is 5.10 Å². The van der Waals surface area contributed by atoms with Gasteiger partial charge in [0.05, 0.1) is 25.8 Å². The Labute approximate surface area is 168 Å². The summed E-state index contributed by atoms with van der Waals surface area (Å²) in [6.07, 6.45) is 3.27. The monoisotopic (exact) mass is 402 g/mol. The number of aryl methyl sites for hydroxylation is 1. The van der Waals surface area contributed by atoms with Crippen molar-refractivity contribution >= 4 is 12.1 Å². The third-order valence-electron chi connectivity index (χ3n) is 4.02. The molecule has 9 heteroatoms. The number of benzene rings is 1. The number of ether oxygens (including phenoxy) is 2. The Hall–Kier alpha value is -3.36. The van der Waals surface area contributed by atoms with Gasteiger partial charge in [0, 0.05) is 11.3 Å². The minimum absolute atomic E-state index is 0.185. The molecule has 1 heterocycles. The molecule has 0 saturated carbocycles. The standard InChI is InChI=1S/C20H26N4O5/c1-4-6-9-29-16-8-7-14(10-17(16)28-5-2)12-21-24-18(25)11-15-13(3)22-20(27)23-19(15)26/h7-8,10,12H,4-6,9,11H2,1-3H3,(H,24,25)(H2,22,23,26,27)/b21-12-. The van der Waals surface area contributed by atoms with Gasteiger partial charge in [0.1, 0.15) is 0 Å². The molecule has 0 fully saturated rings. The average molecular weight is 402 g/mol. The Kier molecular flexibility index (Phi) is 8.20. The quantitative estimate of drug-likeness (QED) is 0.316. The van der Waals surface area contributed by atoms with Gasteiger partial charge in [0.2, 0.25) is 5.91 Å². The summed E-state index contributed by atoms with van der Waals surface area (Å²) in [7, 11) is 0. The first-order valence-electron chi connectivity index (χ1n) is 9.48. The Bertz CT molecular complexity index is 978. The van der Waals surface area contributed by atoms with E-state index in [1.807, 2.05) is 6.92 Å². The molecule has 2 aromatic rings. The van der Waals surface area contributed by atoms with Crippen LogP contribution in [0.5, 0.6) is 11.5 Å². The number of hydrogen-bond donors (Lipinski definition) is 3. The Balaban J connectivity index is 2.02. The number of nitrogens with one attached hydrogen (secondary N) is 3. The summed E-state index contributed by atoms with van der Waals surface area (Å²) in [5, 5.41) is 3.92. The SMILES string of the molecule is CCCCOc1ccc(/C=N\NC(=O)Cc2c(C)[nH]c(=O)[nH]c2=O)cc1OCC. The summed E-state index contributed by atoms with van der Waals surface area (Å²) in [4.78, 5) is 39.6. The summed E-state index contributed by atoms with van der Waals surface area (Å²) in [6.45, 7) is 6.65. The number of carbonyl (C=O) groups excluding carboxylic acids is 1. The Morgan fingerprint density at radius 2 is 1.97 bits per heavy atom. The highest BCUT2D eigenvalue weighted by Crippen LogP contribution is 2.28. The van der Waals surface area contributed by atoms with Crippen molar-refractivity contribution in [2.45, 2.75) is 40.0 Å². The van der Waals surface area contributed by atoms with E-state index >= 15 is 0 Å². The zero-order valence-corrected chi connectivity index (χ0v) is 16.8. The van der Waals surface area contributed by atoms with Gasteiger partial charge in [-0.05, 0) is 44.0 Å². The number of nitrogens with zero attached hydrogens (tertiary/aromatic N) is 1. The summed E-state index contributed by atoms with van der Waals surface area (Å²) >= 11 is 0. The number of aromatic nitrogens is 2. The van der Waals surface area contributed by atoms with Crippen LogP contribution in [0.4, 0.5) is 0 Å². The molecule has 0 radical (unpaired) electrons. The third kappa shape index (κ3) is 6.63. The van der Waals surface area contributed by atoms with E-state index < -0.39 is 17.2 Å². The van der Waals surface area contributed by atoms with Crippen LogP contribution in [0.1, 0.15) is 43.5 Å². The van der Waals surface area contributed by atoms with Crippen molar-refractivity contribution in [1.82, 2.24) is 15.4 Å². The molecular weight excluding hydrogens is 376 g/mol. The van der Waals surface area contributed by atoms with Crippen LogP contribution in [-0.4, -0.2) is 35.3 Å². The normalized spacial score (nSPS) is 10.9. The molecule has 29 heavy (non-hydrogen) atoms. The van der Waals surface area contributed by atoms with Crippen molar-refractivity contribution in [3.05, 3.63) is 55.9 Å². The van der Waals surface area contributed by atoms with Crippen LogP contribution in [0.2, 0.25) is 0 Å². The van der Waals surface area contributed by atoms with E-state index in [2.05, 4.69) is 27.4 Å². The zero-order valence-electron chi connectivity index (χ0n) is 16.8. The number of unbranched alkanes of at least 4 members (excludes halogenated alkanes) is 1. The second-order valence-corrected chi connectivity index (χ2v) is 6.32. The maximum absolute atomic E-state index is 12.0. The summed E-state index contributed by atoms with van der Waals surface area (Å²) in [6, 6.07) is 5.38. The highest BCUT2D eigenvalue weighted by molar-refractivity contribution is 5.84. The van der Waals surface area contributed by atoms with E-state index in [0.717, 1.165) is 18.4 Å². The van der Waals surface area contributed by atoms with Gasteiger partial charge in [-0.2, -0.15) is 5.10 Å². The lowest BCUT2D eigenvalue weighted by Crippen LogP contribution is -2.30. The number of carbonyl (C=O) groups is 1. The van der Waals surface area contributed by atoms with Crippen molar-refractivity contribution in [2.75, 3.05) is 13.2 Å². The van der Waals surface area contributed by atoms with Crippen LogP contribution >= 0.6 is 0 Å². The van der Waals surface area contributed by atoms with Crippen molar-refractivity contribution in [3.63, 3.8) is 0 Å². The smallest absolute Gasteiger partial charge is 0.325 e. The second-order valence-electron chi connectivity index (χ2n) is 6.32. The fourth-order valence-corrected chi connectivity index (χ4v) is 2.54. The van der Waals surface area contributed by atoms with E-state index in [0.29, 0.717) is 30.4 Å². The maximum Gasteiger partial charge on any atom is 0.325 e. The van der Waals surface area contributed by atoms with E-state index in [1.165, 1.54) is 6.21 Å². The number of amides is 1. The molecule has 0 aliphatic carbocycles. The van der Waals surface area contributed by atoms with Gasteiger partial charge >= 0.3 is 5.69 Å². The summed E-state index contributed by atoms with van der Waals surface area (Å²) in [5.41, 5.74) is 2.42. The largest absolute Gasteiger partial charge is 0.490 e. The first-order valence-corrected chi connectivity index (χ1v) is 9.48. The lowest BCUT2D eigenvalue weighted by atomic mass is 10.1. The van der Waals surface area contributed by atoms with Crippen LogP contribution in [0.3, 0.4) is 0 Å². The Morgan fingerprint density at radius 1 is 1.17 bits per heavy atom. The van der Waals surface area contributed by atoms with Crippen molar-refractivity contribution < 1.29 is 14.3 Å². The van der Waals surface area contributed by atoms with Gasteiger partial charge < -0.3 is 14.5 Å². The third-order valence-corrected chi connectivity index (χ3v) is 4.02. The van der Waals surface area contributed by atoms with Crippen LogP contribution in [-0.2, 0) is 11.2 Å². The maximum atomic E-state index is 12.0. The average Bonchev–Trinajstić information content (AvgIpc) is 2.66. The minimum atomic E-state index is -0.609. The van der Waals surface area contributed by atoms with Crippen LogP contribution in [0.25, 0.3) is 0 Å². The molecule has 3 N–H and O–H groups in total. The van der Waals surface area contributed by atoms with E-state index in [9.17, 15) is 14.4 Å². The molecule has 1 aromatic heterocycles. The zero-order chi connectivity index (χ0) is 21.2. The molecule has 2 rings (SSSR count). The van der Waals surface area contributed by atoms with E-state index in [4.69, 9.17) is 9.47 Å². The number of hydrazone groups is 1. The molecule has 0 aliphatic heterocycles.